The molecule has 0 fully saturated rings. The van der Waals surface area contributed by atoms with E-state index >= 15 is 0 Å². The maximum atomic E-state index is 9.11. The summed E-state index contributed by atoms with van der Waals surface area (Å²) in [6.45, 7) is 5.28. The van der Waals surface area contributed by atoms with E-state index in [1.54, 1.807) is 0 Å². The maximum Gasteiger partial charge on any atom is 0.109 e. The van der Waals surface area contributed by atoms with E-state index in [0.717, 1.165) is 0 Å². The summed E-state index contributed by atoms with van der Waals surface area (Å²) in [7, 11) is 0. The van der Waals surface area contributed by atoms with Crippen molar-refractivity contribution in [3.05, 3.63) is 0 Å². The number of aliphatic hydroxyl groups excluding tert-OH is 2. The quantitative estimate of drug-likeness (QED) is 0.535. The summed E-state index contributed by atoms with van der Waals surface area (Å²) in [6, 6.07) is 0. The van der Waals surface area contributed by atoms with Gasteiger partial charge >= 0.3 is 0 Å². The number of aliphatic hydroxyl groups is 2. The molecule has 2 N–H and O–H groups in total. The SMILES string of the molecule is CCOCC(OCC)C(CO)OCCO. The van der Waals surface area contributed by atoms with Crippen molar-refractivity contribution in [3.8, 4) is 0 Å². The largest absolute Gasteiger partial charge is 0.394 e. The molecule has 0 aromatic heterocycles. The molecule has 2 unspecified atom stereocenters. The van der Waals surface area contributed by atoms with Crippen LogP contribution in [0.2, 0.25) is 0 Å². The summed E-state index contributed by atoms with van der Waals surface area (Å²) in [4.78, 5) is 0. The van der Waals surface area contributed by atoms with Crippen LogP contribution < -0.4 is 0 Å². The lowest BCUT2D eigenvalue weighted by molar-refractivity contribution is -0.119. The highest BCUT2D eigenvalue weighted by Gasteiger charge is 2.21. The molecule has 0 bridgehead atoms. The van der Waals surface area contributed by atoms with E-state index in [9.17, 15) is 0 Å². The molecule has 0 spiro atoms. The molecule has 0 radical (unpaired) electrons. The van der Waals surface area contributed by atoms with Crippen LogP contribution in [0.15, 0.2) is 0 Å². The molecule has 92 valence electrons. The molecule has 0 aromatic carbocycles. The fraction of sp³-hybridized carbons (Fsp3) is 1.00. The molecule has 0 aromatic rings. The van der Waals surface area contributed by atoms with Gasteiger partial charge in [0.1, 0.15) is 12.2 Å². The van der Waals surface area contributed by atoms with Gasteiger partial charge in [-0.05, 0) is 13.8 Å². The molecule has 5 heteroatoms. The minimum atomic E-state index is -0.441. The van der Waals surface area contributed by atoms with E-state index in [1.807, 2.05) is 13.8 Å². The Kier molecular flexibility index (Phi) is 10.2. The molecular formula is C10H22O5. The third-order valence-corrected chi connectivity index (χ3v) is 1.88. The summed E-state index contributed by atoms with van der Waals surface area (Å²) in [6.07, 6.45) is -0.727. The van der Waals surface area contributed by atoms with Crippen molar-refractivity contribution in [1.82, 2.24) is 0 Å². The van der Waals surface area contributed by atoms with Gasteiger partial charge in [0, 0.05) is 13.2 Å². The van der Waals surface area contributed by atoms with Gasteiger partial charge in [-0.15, -0.1) is 0 Å². The second-order valence-corrected chi connectivity index (χ2v) is 2.97. The number of hydrogen-bond acceptors (Lipinski definition) is 5. The molecule has 2 atom stereocenters. The molecule has 0 saturated carbocycles. The maximum absolute atomic E-state index is 9.11. The first-order valence-electron chi connectivity index (χ1n) is 5.32. The van der Waals surface area contributed by atoms with Gasteiger partial charge in [-0.1, -0.05) is 0 Å². The van der Waals surface area contributed by atoms with E-state index < -0.39 is 6.10 Å². The summed E-state index contributed by atoms with van der Waals surface area (Å²) in [5.74, 6) is 0. The van der Waals surface area contributed by atoms with Crippen LogP contribution in [0.25, 0.3) is 0 Å². The molecule has 0 aliphatic carbocycles. The monoisotopic (exact) mass is 222 g/mol. The normalized spacial score (nSPS) is 15.2. The van der Waals surface area contributed by atoms with Gasteiger partial charge in [0.2, 0.25) is 0 Å². The second kappa shape index (κ2) is 10.3. The fourth-order valence-electron chi connectivity index (χ4n) is 1.19. The van der Waals surface area contributed by atoms with Crippen molar-refractivity contribution >= 4 is 0 Å². The van der Waals surface area contributed by atoms with E-state index in [0.29, 0.717) is 19.8 Å². The zero-order valence-electron chi connectivity index (χ0n) is 9.52. The van der Waals surface area contributed by atoms with Crippen LogP contribution >= 0.6 is 0 Å². The number of rotatable bonds is 10. The third kappa shape index (κ3) is 6.81. The standard InChI is InChI=1S/C10H22O5/c1-3-13-8-10(14-4-2)9(7-12)15-6-5-11/h9-12H,3-8H2,1-2H3. The van der Waals surface area contributed by atoms with Crippen LogP contribution in [0.1, 0.15) is 13.8 Å². The van der Waals surface area contributed by atoms with Crippen molar-refractivity contribution in [2.45, 2.75) is 26.1 Å². The fourth-order valence-corrected chi connectivity index (χ4v) is 1.19. The highest BCUT2D eigenvalue weighted by atomic mass is 16.6. The van der Waals surface area contributed by atoms with Gasteiger partial charge in [0.05, 0.1) is 26.4 Å². The Bertz CT molecular complexity index is 131. The number of hydrogen-bond donors (Lipinski definition) is 2. The van der Waals surface area contributed by atoms with Gasteiger partial charge in [-0.3, -0.25) is 0 Å². The van der Waals surface area contributed by atoms with Crippen molar-refractivity contribution in [3.63, 3.8) is 0 Å². The van der Waals surface area contributed by atoms with Gasteiger partial charge in [0.25, 0.3) is 0 Å². The Morgan fingerprint density at radius 2 is 1.73 bits per heavy atom. The summed E-state index contributed by atoms with van der Waals surface area (Å²) >= 11 is 0. The number of ether oxygens (including phenoxy) is 3. The van der Waals surface area contributed by atoms with E-state index in [1.165, 1.54) is 0 Å². The Morgan fingerprint density at radius 1 is 1.00 bits per heavy atom. The molecule has 0 aliphatic rings. The van der Waals surface area contributed by atoms with E-state index in [4.69, 9.17) is 24.4 Å². The minimum absolute atomic E-state index is 0.0655. The van der Waals surface area contributed by atoms with Crippen LogP contribution in [-0.4, -0.2) is 62.1 Å². The second-order valence-electron chi connectivity index (χ2n) is 2.97. The van der Waals surface area contributed by atoms with Gasteiger partial charge in [-0.25, -0.2) is 0 Å². The Hall–Kier alpha value is -0.200. The summed E-state index contributed by atoms with van der Waals surface area (Å²) in [5, 5.41) is 17.7. The lowest BCUT2D eigenvalue weighted by Gasteiger charge is -2.25. The summed E-state index contributed by atoms with van der Waals surface area (Å²) < 4.78 is 15.9. The molecular weight excluding hydrogens is 200 g/mol. The predicted molar refractivity (Wildman–Crippen MR) is 55.8 cm³/mol. The highest BCUT2D eigenvalue weighted by molar-refractivity contribution is 4.69. The van der Waals surface area contributed by atoms with Gasteiger partial charge < -0.3 is 24.4 Å². The Labute approximate surface area is 91.0 Å². The molecule has 0 saturated heterocycles. The smallest absolute Gasteiger partial charge is 0.109 e. The zero-order chi connectivity index (χ0) is 11.5. The van der Waals surface area contributed by atoms with E-state index in [-0.39, 0.29) is 25.9 Å². The lowest BCUT2D eigenvalue weighted by atomic mass is 10.2. The average Bonchev–Trinajstić information content (AvgIpc) is 2.26. The van der Waals surface area contributed by atoms with Crippen molar-refractivity contribution in [1.29, 1.82) is 0 Å². The van der Waals surface area contributed by atoms with Gasteiger partial charge in [-0.2, -0.15) is 0 Å². The van der Waals surface area contributed by atoms with Crippen LogP contribution in [0, 0.1) is 0 Å². The molecule has 0 amide bonds. The average molecular weight is 222 g/mol. The van der Waals surface area contributed by atoms with Crippen molar-refractivity contribution < 1.29 is 24.4 Å². The van der Waals surface area contributed by atoms with E-state index in [2.05, 4.69) is 0 Å². The Morgan fingerprint density at radius 3 is 2.20 bits per heavy atom. The first-order chi connectivity index (χ1) is 7.29. The van der Waals surface area contributed by atoms with Crippen LogP contribution in [-0.2, 0) is 14.2 Å². The van der Waals surface area contributed by atoms with Crippen LogP contribution in [0.5, 0.6) is 0 Å². The highest BCUT2D eigenvalue weighted by Crippen LogP contribution is 2.05. The third-order valence-electron chi connectivity index (χ3n) is 1.88. The summed E-state index contributed by atoms with van der Waals surface area (Å²) in [5.41, 5.74) is 0. The predicted octanol–water partition coefficient (Wildman–Crippen LogP) is -0.202. The molecule has 0 rings (SSSR count). The first-order valence-corrected chi connectivity index (χ1v) is 5.32. The Balaban J connectivity index is 4.00. The molecule has 5 nitrogen and oxygen atoms in total. The zero-order valence-corrected chi connectivity index (χ0v) is 9.52. The molecule has 0 aliphatic heterocycles. The first kappa shape index (κ1) is 14.8. The minimum Gasteiger partial charge on any atom is -0.394 e. The van der Waals surface area contributed by atoms with Crippen LogP contribution in [0.4, 0.5) is 0 Å². The topological polar surface area (TPSA) is 68.2 Å². The lowest BCUT2D eigenvalue weighted by Crippen LogP contribution is -2.39. The van der Waals surface area contributed by atoms with Gasteiger partial charge in [0.15, 0.2) is 0 Å². The molecule has 0 heterocycles. The molecule has 15 heavy (non-hydrogen) atoms. The van der Waals surface area contributed by atoms with Crippen LogP contribution in [0.3, 0.4) is 0 Å². The van der Waals surface area contributed by atoms with Crippen molar-refractivity contribution in [2.24, 2.45) is 0 Å². The van der Waals surface area contributed by atoms with Crippen molar-refractivity contribution in [2.75, 3.05) is 39.6 Å².